The predicted molar refractivity (Wildman–Crippen MR) is 122 cm³/mol. The fourth-order valence-electron chi connectivity index (χ4n) is 4.38. The number of hydrogen-bond donors (Lipinski definition) is 3. The minimum absolute atomic E-state index is 0.00760. The SMILES string of the molecule is CO/N=C1\CCN(c2c(F)cc3c(=O)c(C(=O)O)cn(C4CC4)c3c2OC)CC1NC(=O)CN. The van der Waals surface area contributed by atoms with Crippen molar-refractivity contribution in [2.45, 2.75) is 31.3 Å². The van der Waals surface area contributed by atoms with Crippen LogP contribution < -0.4 is 26.1 Å². The van der Waals surface area contributed by atoms with E-state index in [9.17, 15) is 19.5 Å². The van der Waals surface area contributed by atoms with Crippen LogP contribution in [0.15, 0.2) is 22.2 Å². The summed E-state index contributed by atoms with van der Waals surface area (Å²) in [5.41, 5.74) is 5.29. The number of carbonyl (C=O) groups is 2. The summed E-state index contributed by atoms with van der Waals surface area (Å²) < 4.78 is 22.9. The van der Waals surface area contributed by atoms with Crippen molar-refractivity contribution in [3.63, 3.8) is 0 Å². The number of ether oxygens (including phenoxy) is 1. The molecule has 4 rings (SSSR count). The van der Waals surface area contributed by atoms with E-state index >= 15 is 4.39 Å². The number of aromatic nitrogens is 1. The highest BCUT2D eigenvalue weighted by molar-refractivity contribution is 5.98. The van der Waals surface area contributed by atoms with Gasteiger partial charge in [-0.25, -0.2) is 9.18 Å². The summed E-state index contributed by atoms with van der Waals surface area (Å²) in [5.74, 6) is -2.37. The summed E-state index contributed by atoms with van der Waals surface area (Å²) in [6.07, 6.45) is 3.29. The second kappa shape index (κ2) is 9.29. The van der Waals surface area contributed by atoms with Crippen LogP contribution in [0.2, 0.25) is 0 Å². The molecule has 1 aliphatic heterocycles. The van der Waals surface area contributed by atoms with E-state index in [1.165, 1.54) is 20.4 Å². The Kier molecular flexibility index (Phi) is 6.42. The molecular formula is C22H26FN5O6. The molecule has 1 unspecified atom stereocenters. The van der Waals surface area contributed by atoms with Gasteiger partial charge in [0.25, 0.3) is 0 Å². The van der Waals surface area contributed by atoms with E-state index in [2.05, 4.69) is 10.5 Å². The lowest BCUT2D eigenvalue weighted by molar-refractivity contribution is -0.120. The van der Waals surface area contributed by atoms with E-state index < -0.39 is 34.7 Å². The van der Waals surface area contributed by atoms with E-state index in [0.717, 1.165) is 18.9 Å². The van der Waals surface area contributed by atoms with Gasteiger partial charge < -0.3 is 35.2 Å². The van der Waals surface area contributed by atoms with Crippen molar-refractivity contribution in [3.8, 4) is 5.75 Å². The predicted octanol–water partition coefficient (Wildman–Crippen LogP) is 0.838. The lowest BCUT2D eigenvalue weighted by Gasteiger charge is -2.36. The number of fused-ring (bicyclic) bond motifs is 1. The van der Waals surface area contributed by atoms with Crippen molar-refractivity contribution in [2.24, 2.45) is 10.9 Å². The Labute approximate surface area is 193 Å². The van der Waals surface area contributed by atoms with E-state index in [4.69, 9.17) is 15.3 Å². The van der Waals surface area contributed by atoms with Gasteiger partial charge in [0.05, 0.1) is 36.3 Å². The van der Waals surface area contributed by atoms with Gasteiger partial charge in [0.15, 0.2) is 11.6 Å². The van der Waals surface area contributed by atoms with Gasteiger partial charge >= 0.3 is 5.97 Å². The van der Waals surface area contributed by atoms with Crippen molar-refractivity contribution >= 4 is 34.2 Å². The van der Waals surface area contributed by atoms with E-state index in [1.807, 2.05) is 0 Å². The zero-order chi connectivity index (χ0) is 24.6. The lowest BCUT2D eigenvalue weighted by atomic mass is 10.0. The summed E-state index contributed by atoms with van der Waals surface area (Å²) in [4.78, 5) is 43.1. The first kappa shape index (κ1) is 23.5. The molecule has 182 valence electrons. The van der Waals surface area contributed by atoms with Crippen LogP contribution in [0, 0.1) is 5.82 Å². The van der Waals surface area contributed by atoms with Crippen LogP contribution in [0.5, 0.6) is 5.75 Å². The van der Waals surface area contributed by atoms with Crippen LogP contribution in [-0.2, 0) is 9.63 Å². The van der Waals surface area contributed by atoms with E-state index in [1.54, 1.807) is 9.47 Å². The molecule has 1 atom stereocenters. The molecule has 2 aromatic rings. The maximum absolute atomic E-state index is 15.5. The molecule has 1 aromatic carbocycles. The fourth-order valence-corrected chi connectivity index (χ4v) is 4.38. The third-order valence-corrected chi connectivity index (χ3v) is 6.06. The molecule has 1 amide bonds. The fraction of sp³-hybridized carbons (Fsp3) is 0.455. The third kappa shape index (κ3) is 4.16. The normalized spacial score (nSPS) is 19.4. The monoisotopic (exact) mass is 475 g/mol. The maximum Gasteiger partial charge on any atom is 0.341 e. The number of halogens is 1. The highest BCUT2D eigenvalue weighted by Crippen LogP contribution is 2.44. The number of nitrogens with zero attached hydrogens (tertiary/aromatic N) is 3. The number of carboxylic acids is 1. The molecule has 1 saturated heterocycles. The van der Waals surface area contributed by atoms with Gasteiger partial charge in [0.2, 0.25) is 11.3 Å². The zero-order valence-corrected chi connectivity index (χ0v) is 18.8. The molecule has 1 aromatic heterocycles. The van der Waals surface area contributed by atoms with Gasteiger partial charge in [-0.3, -0.25) is 9.59 Å². The molecule has 12 heteroatoms. The number of carboxylic acid groups (broad SMARTS) is 1. The van der Waals surface area contributed by atoms with Gasteiger partial charge in [-0.15, -0.1) is 0 Å². The summed E-state index contributed by atoms with van der Waals surface area (Å²) in [7, 11) is 2.77. The second-order valence-electron chi connectivity index (χ2n) is 8.24. The Hall–Kier alpha value is -3.67. The molecule has 0 radical (unpaired) electrons. The molecule has 34 heavy (non-hydrogen) atoms. The van der Waals surface area contributed by atoms with Crippen LogP contribution >= 0.6 is 0 Å². The lowest BCUT2D eigenvalue weighted by Crippen LogP contribution is -2.54. The minimum Gasteiger partial charge on any atom is -0.492 e. The number of hydrogen-bond acceptors (Lipinski definition) is 8. The molecule has 0 bridgehead atoms. The number of benzene rings is 1. The van der Waals surface area contributed by atoms with Crippen LogP contribution in [0.4, 0.5) is 10.1 Å². The summed E-state index contributed by atoms with van der Waals surface area (Å²) >= 11 is 0. The van der Waals surface area contributed by atoms with E-state index in [-0.39, 0.29) is 36.0 Å². The van der Waals surface area contributed by atoms with Gasteiger partial charge in [-0.05, 0) is 18.9 Å². The Balaban J connectivity index is 1.87. The number of nitrogens with one attached hydrogen (secondary N) is 1. The summed E-state index contributed by atoms with van der Waals surface area (Å²) in [6, 6.07) is 0.476. The number of methoxy groups -OCH3 is 1. The largest absolute Gasteiger partial charge is 0.492 e. The second-order valence-corrected chi connectivity index (χ2v) is 8.24. The number of carbonyl (C=O) groups excluding carboxylic acids is 1. The minimum atomic E-state index is -1.37. The average molecular weight is 475 g/mol. The number of rotatable bonds is 7. The van der Waals surface area contributed by atoms with Crippen molar-refractivity contribution < 1.29 is 28.7 Å². The maximum atomic E-state index is 15.5. The highest BCUT2D eigenvalue weighted by Gasteiger charge is 2.34. The van der Waals surface area contributed by atoms with Crippen LogP contribution in [0.1, 0.15) is 35.7 Å². The van der Waals surface area contributed by atoms with Gasteiger partial charge in [0.1, 0.15) is 18.4 Å². The number of anilines is 1. The number of aromatic carboxylic acids is 1. The molecule has 0 spiro atoms. The molecule has 2 heterocycles. The first-order valence-corrected chi connectivity index (χ1v) is 10.8. The molecular weight excluding hydrogens is 449 g/mol. The highest BCUT2D eigenvalue weighted by atomic mass is 19.1. The van der Waals surface area contributed by atoms with Crippen LogP contribution in [-0.4, -0.2) is 67.2 Å². The zero-order valence-electron chi connectivity index (χ0n) is 18.8. The van der Waals surface area contributed by atoms with Crippen LogP contribution in [0.25, 0.3) is 10.9 Å². The number of nitrogens with two attached hydrogens (primary N) is 1. The van der Waals surface area contributed by atoms with Crippen molar-refractivity contribution in [1.29, 1.82) is 0 Å². The smallest absolute Gasteiger partial charge is 0.341 e. The van der Waals surface area contributed by atoms with E-state index in [0.29, 0.717) is 24.2 Å². The summed E-state index contributed by atoms with van der Waals surface area (Å²) in [6.45, 7) is 0.286. The average Bonchev–Trinajstić information content (AvgIpc) is 3.65. The molecule has 1 saturated carbocycles. The Bertz CT molecular complexity index is 1240. The Morgan fingerprint density at radius 3 is 2.68 bits per heavy atom. The van der Waals surface area contributed by atoms with Crippen molar-refractivity contribution in [2.75, 3.05) is 38.8 Å². The van der Waals surface area contributed by atoms with Gasteiger partial charge in [-0.2, -0.15) is 0 Å². The van der Waals surface area contributed by atoms with Crippen molar-refractivity contribution in [1.82, 2.24) is 9.88 Å². The quantitative estimate of drug-likeness (QED) is 0.499. The number of piperidine rings is 1. The molecule has 1 aliphatic carbocycles. The Morgan fingerprint density at radius 2 is 2.09 bits per heavy atom. The van der Waals surface area contributed by atoms with Crippen LogP contribution in [0.3, 0.4) is 0 Å². The van der Waals surface area contributed by atoms with Gasteiger partial charge in [0, 0.05) is 31.7 Å². The first-order valence-electron chi connectivity index (χ1n) is 10.8. The third-order valence-electron chi connectivity index (χ3n) is 6.06. The molecule has 2 fully saturated rings. The molecule has 11 nitrogen and oxygen atoms in total. The van der Waals surface area contributed by atoms with Crippen molar-refractivity contribution in [3.05, 3.63) is 33.9 Å². The number of pyridine rings is 1. The molecule has 2 aliphatic rings. The first-order chi connectivity index (χ1) is 16.3. The summed E-state index contributed by atoms with van der Waals surface area (Å²) in [5, 5.41) is 16.2. The number of amides is 1. The number of oxime groups is 1. The van der Waals surface area contributed by atoms with Gasteiger partial charge in [-0.1, -0.05) is 5.16 Å². The Morgan fingerprint density at radius 1 is 1.35 bits per heavy atom. The standard InChI is InChI=1S/C22H26FN5O6/c1-33-21-18-12(20(30)13(22(31)32)9-28(18)11-3-4-11)7-14(23)19(21)27-6-5-15(26-34-2)16(10-27)25-17(29)8-24/h7,9,11,16H,3-6,8,10,24H2,1-2H3,(H,25,29)(H,31,32)/b26-15+. The topological polar surface area (TPSA) is 148 Å². The molecule has 4 N–H and O–H groups in total.